The Hall–Kier alpha value is 1.81. The van der Waals surface area contributed by atoms with Crippen LogP contribution >= 0.6 is 0 Å². The maximum atomic E-state index is 5.15. The molecule has 2 N–H and O–H groups in total. The third kappa shape index (κ3) is 78.3. The molecule has 0 saturated carbocycles. The van der Waals surface area contributed by atoms with E-state index in [2.05, 4.69) is 37.9 Å². The molecule has 0 aliphatic carbocycles. The number of hydrogen-bond acceptors (Lipinski definition) is 4. The Morgan fingerprint density at radius 3 is 1.27 bits per heavy atom. The van der Waals surface area contributed by atoms with E-state index in [0.29, 0.717) is 0 Å². The topological polar surface area (TPSA) is 26.0 Å². The van der Waals surface area contributed by atoms with Gasteiger partial charge in [0.15, 0.2) is 0 Å². The summed E-state index contributed by atoms with van der Waals surface area (Å²) in [5.41, 5.74) is 5.15. The fourth-order valence-electron chi connectivity index (χ4n) is 0.102. The Bertz CT molecular complexity index is 25.3. The molecule has 0 aromatic carbocycles. The summed E-state index contributed by atoms with van der Waals surface area (Å²) in [6.45, 7) is 0.866. The van der Waals surface area contributed by atoms with E-state index in [9.17, 15) is 0 Å². The normalized spacial score (nSPS) is 5.55. The van der Waals surface area contributed by atoms with Crippen molar-refractivity contribution >= 4 is 60.4 Å². The minimum atomic E-state index is 0.866. The van der Waals surface area contributed by atoms with Gasteiger partial charge in [-0.1, -0.05) is 0 Å². The molecular formula is C6H17NS3Sn. The summed E-state index contributed by atoms with van der Waals surface area (Å²) in [7, 11) is 0. The van der Waals surface area contributed by atoms with Crippen LogP contribution in [0, 0.1) is 0 Å². The fourth-order valence-corrected chi connectivity index (χ4v) is 0.685. The summed E-state index contributed by atoms with van der Waals surface area (Å²) >= 11 is 13.9. The third-order valence-corrected chi connectivity index (χ3v) is 1.39. The van der Waals surface area contributed by atoms with Gasteiger partial charge in [0, 0.05) is 0 Å². The van der Waals surface area contributed by atoms with Gasteiger partial charge in [0.1, 0.15) is 0 Å². The van der Waals surface area contributed by atoms with Crippen LogP contribution in [0.2, 0.25) is 4.44 Å². The van der Waals surface area contributed by atoms with Gasteiger partial charge in [-0.15, -0.1) is 0 Å². The molecule has 0 spiro atoms. The SMILES string of the molecule is C[S-].C[S-].C[S-].NCC[CH2][Sn+3]. The summed E-state index contributed by atoms with van der Waals surface area (Å²) in [4.78, 5) is 0. The van der Waals surface area contributed by atoms with Crippen LogP contribution in [0.1, 0.15) is 6.42 Å². The van der Waals surface area contributed by atoms with Gasteiger partial charge in [-0.3, -0.25) is 0 Å². The molecular weight excluding hydrogens is 301 g/mol. The molecule has 11 heavy (non-hydrogen) atoms. The van der Waals surface area contributed by atoms with Gasteiger partial charge in [-0.2, -0.15) is 18.8 Å². The molecule has 0 aliphatic heterocycles. The quantitative estimate of drug-likeness (QED) is 0.589. The fraction of sp³-hybridized carbons (Fsp3) is 1.00. The first-order valence-electron chi connectivity index (χ1n) is 2.99. The number of rotatable bonds is 2. The first kappa shape index (κ1) is 23.0. The van der Waals surface area contributed by atoms with E-state index in [1.165, 1.54) is 10.9 Å². The molecule has 0 aromatic heterocycles. The first-order valence-corrected chi connectivity index (χ1v) is 7.45. The summed E-state index contributed by atoms with van der Waals surface area (Å²) < 4.78 is 1.31. The summed E-state index contributed by atoms with van der Waals surface area (Å²) in [5, 5.41) is 0. The first-order chi connectivity index (χ1) is 5.41. The second-order valence-electron chi connectivity index (χ2n) is 0.892. The van der Waals surface area contributed by atoms with Gasteiger partial charge in [0.2, 0.25) is 0 Å². The molecule has 68 valence electrons. The summed E-state index contributed by atoms with van der Waals surface area (Å²) in [6.07, 6.45) is 5.96. The Balaban J connectivity index is -0.0000000350. The van der Waals surface area contributed by atoms with Crippen molar-refractivity contribution in [2.24, 2.45) is 5.73 Å². The molecule has 5 heteroatoms. The molecule has 0 unspecified atom stereocenters. The minimum absolute atomic E-state index is 0.866. The zero-order valence-corrected chi connectivity index (χ0v) is 12.7. The zero-order valence-electron chi connectivity index (χ0n) is 7.42. The molecule has 0 saturated heterocycles. The maximum absolute atomic E-state index is 5.15. The van der Waals surface area contributed by atoms with Gasteiger partial charge < -0.3 is 37.9 Å². The molecule has 0 amide bonds. The van der Waals surface area contributed by atoms with E-state index in [1.54, 1.807) is 41.3 Å². The van der Waals surface area contributed by atoms with E-state index >= 15 is 0 Å². The van der Waals surface area contributed by atoms with E-state index in [0.717, 1.165) is 6.54 Å². The van der Waals surface area contributed by atoms with Gasteiger partial charge in [-0.25, -0.2) is 0 Å². The van der Waals surface area contributed by atoms with Crippen LogP contribution in [0.5, 0.6) is 0 Å². The molecule has 0 aliphatic rings. The van der Waals surface area contributed by atoms with Crippen molar-refractivity contribution in [1.29, 1.82) is 0 Å². The van der Waals surface area contributed by atoms with Crippen LogP contribution in [0.3, 0.4) is 0 Å². The second-order valence-corrected chi connectivity index (χ2v) is 2.32. The van der Waals surface area contributed by atoms with Gasteiger partial charge in [0.05, 0.1) is 0 Å². The molecule has 0 rings (SSSR count). The number of hydrogen-bond donors (Lipinski definition) is 1. The van der Waals surface area contributed by atoms with E-state index in [4.69, 9.17) is 5.73 Å². The van der Waals surface area contributed by atoms with Crippen molar-refractivity contribution in [3.8, 4) is 0 Å². The third-order valence-electron chi connectivity index (χ3n) is 0.381. The molecule has 0 fully saturated rings. The van der Waals surface area contributed by atoms with Crippen LogP contribution < -0.4 is 5.73 Å². The monoisotopic (exact) mass is 319 g/mol. The average molecular weight is 318 g/mol. The Morgan fingerprint density at radius 2 is 1.27 bits per heavy atom. The average Bonchev–Trinajstić information content (AvgIpc) is 2.16. The Kier molecular flexibility index (Phi) is 125. The molecule has 0 atom stereocenters. The van der Waals surface area contributed by atoms with E-state index < -0.39 is 0 Å². The van der Waals surface area contributed by atoms with Gasteiger partial charge in [-0.05, 0) is 0 Å². The standard InChI is InChI=1S/C3H8N.3CH4S.Sn/c1-2-3-4;3*1-2;/h1-4H2;3*2H,1H3;/q;;;;+3/p-3. The molecule has 0 heterocycles. The Labute approximate surface area is 102 Å². The van der Waals surface area contributed by atoms with Crippen LogP contribution in [-0.4, -0.2) is 47.8 Å². The molecule has 0 aromatic rings. The molecule has 0 bridgehead atoms. The molecule has 0 radical (unpaired) electrons. The predicted octanol–water partition coefficient (Wildman–Crippen LogP) is 0.411. The number of nitrogens with two attached hydrogens (primary N) is 1. The van der Waals surface area contributed by atoms with Crippen LogP contribution in [-0.2, 0) is 37.9 Å². The Morgan fingerprint density at radius 1 is 1.00 bits per heavy atom. The summed E-state index contributed by atoms with van der Waals surface area (Å²) in [6, 6.07) is 0. The molecule has 1 nitrogen and oxygen atoms in total. The zero-order chi connectivity index (χ0) is 10.1. The van der Waals surface area contributed by atoms with Crippen molar-refractivity contribution < 1.29 is 0 Å². The van der Waals surface area contributed by atoms with E-state index in [-0.39, 0.29) is 0 Å². The van der Waals surface area contributed by atoms with Gasteiger partial charge >= 0.3 is 45.7 Å². The predicted molar refractivity (Wildman–Crippen MR) is 64.1 cm³/mol. The van der Waals surface area contributed by atoms with Crippen LogP contribution in [0.25, 0.3) is 0 Å². The van der Waals surface area contributed by atoms with Crippen molar-refractivity contribution in [3.63, 3.8) is 0 Å². The van der Waals surface area contributed by atoms with Crippen LogP contribution in [0.4, 0.5) is 0 Å². The van der Waals surface area contributed by atoms with E-state index in [1.807, 2.05) is 0 Å². The van der Waals surface area contributed by atoms with Crippen molar-refractivity contribution in [1.82, 2.24) is 0 Å². The summed E-state index contributed by atoms with van der Waals surface area (Å²) in [5.74, 6) is 0. The second kappa shape index (κ2) is 59.7. The van der Waals surface area contributed by atoms with Crippen molar-refractivity contribution in [2.45, 2.75) is 10.9 Å². The van der Waals surface area contributed by atoms with Gasteiger partial charge in [0.25, 0.3) is 0 Å². The van der Waals surface area contributed by atoms with Crippen molar-refractivity contribution in [3.05, 3.63) is 0 Å². The van der Waals surface area contributed by atoms with Crippen molar-refractivity contribution in [2.75, 3.05) is 25.3 Å². The van der Waals surface area contributed by atoms with Crippen LogP contribution in [0.15, 0.2) is 0 Å².